The van der Waals surface area contributed by atoms with E-state index in [0.717, 1.165) is 25.7 Å². The smallest absolute Gasteiger partial charge is 0.102 e. The number of halogens is 1. The number of nitrogens with zero attached hydrogens (tertiary/aromatic N) is 1. The molecule has 11 heavy (non-hydrogen) atoms. The van der Waals surface area contributed by atoms with Crippen molar-refractivity contribution < 1.29 is 4.74 Å². The SMILES string of the molecule is N#CC1CCCC(OCBr)C1. The lowest BCUT2D eigenvalue weighted by Gasteiger charge is -2.24. The van der Waals surface area contributed by atoms with Crippen LogP contribution in [0.1, 0.15) is 25.7 Å². The topological polar surface area (TPSA) is 33.0 Å². The Morgan fingerprint density at radius 3 is 3.00 bits per heavy atom. The van der Waals surface area contributed by atoms with Crippen LogP contribution in [0, 0.1) is 17.2 Å². The van der Waals surface area contributed by atoms with Gasteiger partial charge in [-0.15, -0.1) is 0 Å². The Labute approximate surface area is 75.7 Å². The quantitative estimate of drug-likeness (QED) is 0.667. The van der Waals surface area contributed by atoms with E-state index in [1.807, 2.05) is 0 Å². The first-order valence-corrected chi connectivity index (χ1v) is 5.06. The van der Waals surface area contributed by atoms with Crippen LogP contribution in [-0.4, -0.2) is 11.6 Å². The Hall–Kier alpha value is -0.0700. The molecule has 62 valence electrons. The van der Waals surface area contributed by atoms with Gasteiger partial charge in [0.15, 0.2) is 0 Å². The maximum absolute atomic E-state index is 8.66. The third-order valence-corrected chi connectivity index (χ3v) is 2.37. The lowest BCUT2D eigenvalue weighted by Crippen LogP contribution is -2.21. The van der Waals surface area contributed by atoms with Gasteiger partial charge in [-0.05, 0) is 25.7 Å². The first-order valence-electron chi connectivity index (χ1n) is 3.94. The largest absolute Gasteiger partial charge is 0.367 e. The molecule has 3 heteroatoms. The number of rotatable bonds is 2. The Balaban J connectivity index is 2.29. The van der Waals surface area contributed by atoms with Gasteiger partial charge in [-0.1, -0.05) is 15.9 Å². The van der Waals surface area contributed by atoms with Gasteiger partial charge in [0.1, 0.15) is 5.52 Å². The van der Waals surface area contributed by atoms with Crippen LogP contribution >= 0.6 is 15.9 Å². The highest BCUT2D eigenvalue weighted by atomic mass is 79.9. The van der Waals surface area contributed by atoms with Crippen molar-refractivity contribution in [3.05, 3.63) is 0 Å². The zero-order chi connectivity index (χ0) is 8.10. The fourth-order valence-corrected chi connectivity index (χ4v) is 1.88. The van der Waals surface area contributed by atoms with Crippen molar-refractivity contribution in [2.45, 2.75) is 31.8 Å². The monoisotopic (exact) mass is 217 g/mol. The molecule has 2 atom stereocenters. The van der Waals surface area contributed by atoms with Crippen LogP contribution in [0.5, 0.6) is 0 Å². The van der Waals surface area contributed by atoms with Crippen molar-refractivity contribution in [2.24, 2.45) is 5.92 Å². The van der Waals surface area contributed by atoms with Crippen molar-refractivity contribution in [1.29, 1.82) is 5.26 Å². The highest BCUT2D eigenvalue weighted by Crippen LogP contribution is 2.25. The standard InChI is InChI=1S/C8H12BrNO/c9-6-11-8-3-1-2-7(4-8)5-10/h7-8H,1-4,6H2. The average Bonchev–Trinajstić information content (AvgIpc) is 2.06. The molecule has 0 saturated heterocycles. The van der Waals surface area contributed by atoms with Crippen LogP contribution in [0.25, 0.3) is 0 Å². The number of nitriles is 1. The summed E-state index contributed by atoms with van der Waals surface area (Å²) >= 11 is 3.22. The first-order chi connectivity index (χ1) is 5.36. The van der Waals surface area contributed by atoms with Gasteiger partial charge in [-0.2, -0.15) is 5.26 Å². The van der Waals surface area contributed by atoms with Gasteiger partial charge in [0, 0.05) is 5.92 Å². The summed E-state index contributed by atoms with van der Waals surface area (Å²) < 4.78 is 5.38. The molecule has 0 aliphatic heterocycles. The third-order valence-electron chi connectivity index (χ3n) is 2.11. The molecule has 0 aromatic rings. The van der Waals surface area contributed by atoms with Crippen molar-refractivity contribution in [3.63, 3.8) is 0 Å². The van der Waals surface area contributed by atoms with Crippen LogP contribution in [0.4, 0.5) is 0 Å². The molecule has 0 spiro atoms. The van der Waals surface area contributed by atoms with Gasteiger partial charge in [-0.3, -0.25) is 0 Å². The molecule has 0 N–H and O–H groups in total. The predicted octanol–water partition coefficient (Wildman–Crippen LogP) is 2.44. The Morgan fingerprint density at radius 1 is 1.55 bits per heavy atom. The molecule has 1 saturated carbocycles. The molecule has 0 aromatic carbocycles. The molecule has 0 radical (unpaired) electrons. The lowest BCUT2D eigenvalue weighted by atomic mass is 9.88. The molecule has 2 unspecified atom stereocenters. The summed E-state index contributed by atoms with van der Waals surface area (Å²) in [7, 11) is 0. The normalized spacial score (nSPS) is 31.3. The molecule has 0 bridgehead atoms. The Bertz CT molecular complexity index is 153. The van der Waals surface area contributed by atoms with Crippen LogP contribution < -0.4 is 0 Å². The molecule has 0 amide bonds. The number of ether oxygens (including phenoxy) is 1. The van der Waals surface area contributed by atoms with Crippen molar-refractivity contribution in [2.75, 3.05) is 5.52 Å². The summed E-state index contributed by atoms with van der Waals surface area (Å²) in [5.74, 6) is 0.229. The van der Waals surface area contributed by atoms with E-state index >= 15 is 0 Å². The molecule has 1 fully saturated rings. The average molecular weight is 218 g/mol. The van der Waals surface area contributed by atoms with Crippen molar-refractivity contribution in [3.8, 4) is 6.07 Å². The molecule has 0 aromatic heterocycles. The molecule has 2 nitrogen and oxygen atoms in total. The minimum atomic E-state index is 0.229. The van der Waals surface area contributed by atoms with Gasteiger partial charge in [0.05, 0.1) is 12.2 Å². The summed E-state index contributed by atoms with van der Waals surface area (Å²) in [6.45, 7) is 0. The first kappa shape index (κ1) is 9.02. The maximum Gasteiger partial charge on any atom is 0.102 e. The number of hydrogen-bond donors (Lipinski definition) is 0. The van der Waals surface area contributed by atoms with E-state index in [-0.39, 0.29) is 5.92 Å². The van der Waals surface area contributed by atoms with E-state index in [1.54, 1.807) is 0 Å². The minimum Gasteiger partial charge on any atom is -0.367 e. The van der Waals surface area contributed by atoms with E-state index in [4.69, 9.17) is 10.00 Å². The number of hydrogen-bond acceptors (Lipinski definition) is 2. The summed E-state index contributed by atoms with van der Waals surface area (Å²) in [5.41, 5.74) is 0.593. The van der Waals surface area contributed by atoms with Gasteiger partial charge < -0.3 is 4.74 Å². The Morgan fingerprint density at radius 2 is 2.36 bits per heavy atom. The second-order valence-electron chi connectivity index (χ2n) is 2.89. The van der Waals surface area contributed by atoms with Crippen LogP contribution in [-0.2, 0) is 4.74 Å². The summed E-state index contributed by atoms with van der Waals surface area (Å²) in [4.78, 5) is 0. The zero-order valence-electron chi connectivity index (χ0n) is 6.42. The number of alkyl halides is 1. The summed E-state index contributed by atoms with van der Waals surface area (Å²) in [6, 6.07) is 2.30. The van der Waals surface area contributed by atoms with E-state index in [1.165, 1.54) is 0 Å². The van der Waals surface area contributed by atoms with Gasteiger partial charge >= 0.3 is 0 Å². The molecule has 1 aliphatic rings. The van der Waals surface area contributed by atoms with Crippen LogP contribution in [0.2, 0.25) is 0 Å². The van der Waals surface area contributed by atoms with Crippen molar-refractivity contribution >= 4 is 15.9 Å². The van der Waals surface area contributed by atoms with Gasteiger partial charge in [-0.25, -0.2) is 0 Å². The lowest BCUT2D eigenvalue weighted by molar-refractivity contribution is 0.0521. The van der Waals surface area contributed by atoms with Gasteiger partial charge in [0.2, 0.25) is 0 Å². The maximum atomic E-state index is 8.66. The van der Waals surface area contributed by atoms with E-state index in [2.05, 4.69) is 22.0 Å². The Kier molecular flexibility index (Phi) is 3.88. The minimum absolute atomic E-state index is 0.229. The summed E-state index contributed by atoms with van der Waals surface area (Å²) in [5, 5.41) is 8.66. The molecule has 1 rings (SSSR count). The predicted molar refractivity (Wildman–Crippen MR) is 46.2 cm³/mol. The van der Waals surface area contributed by atoms with E-state index in [0.29, 0.717) is 11.6 Å². The van der Waals surface area contributed by atoms with Gasteiger partial charge in [0.25, 0.3) is 0 Å². The molecule has 1 aliphatic carbocycles. The fraction of sp³-hybridized carbons (Fsp3) is 0.875. The van der Waals surface area contributed by atoms with Crippen molar-refractivity contribution in [1.82, 2.24) is 0 Å². The second kappa shape index (κ2) is 4.74. The third kappa shape index (κ3) is 2.80. The second-order valence-corrected chi connectivity index (χ2v) is 3.35. The summed E-state index contributed by atoms with van der Waals surface area (Å²) in [6.07, 6.45) is 4.54. The van der Waals surface area contributed by atoms with Crippen LogP contribution in [0.3, 0.4) is 0 Å². The highest BCUT2D eigenvalue weighted by Gasteiger charge is 2.21. The zero-order valence-corrected chi connectivity index (χ0v) is 8.01. The molecular weight excluding hydrogens is 206 g/mol. The molecule has 0 heterocycles. The molecular formula is C8H12BrNO. The highest BCUT2D eigenvalue weighted by molar-refractivity contribution is 9.09. The van der Waals surface area contributed by atoms with Crippen LogP contribution in [0.15, 0.2) is 0 Å². The van der Waals surface area contributed by atoms with E-state index < -0.39 is 0 Å². The van der Waals surface area contributed by atoms with E-state index in [9.17, 15) is 0 Å². The fourth-order valence-electron chi connectivity index (χ4n) is 1.50.